The Balaban J connectivity index is 2.13. The standard InChI is InChI=1S/C14H18N2OS/c1-8-6-13(9(2)5-12(8)15)17-7-14-16-10(3)11(4)18-14/h5-6H,7,15H2,1-4H3. The van der Waals surface area contributed by atoms with Crippen molar-refractivity contribution in [2.24, 2.45) is 0 Å². The van der Waals surface area contributed by atoms with E-state index >= 15 is 0 Å². The van der Waals surface area contributed by atoms with Crippen molar-refractivity contribution in [1.82, 2.24) is 4.98 Å². The van der Waals surface area contributed by atoms with E-state index in [4.69, 9.17) is 10.5 Å². The Morgan fingerprint density at radius 1 is 1.17 bits per heavy atom. The van der Waals surface area contributed by atoms with Gasteiger partial charge in [0.25, 0.3) is 0 Å². The van der Waals surface area contributed by atoms with Gasteiger partial charge in [0.1, 0.15) is 17.4 Å². The van der Waals surface area contributed by atoms with Crippen LogP contribution in [0.4, 0.5) is 5.69 Å². The van der Waals surface area contributed by atoms with Crippen molar-refractivity contribution >= 4 is 17.0 Å². The summed E-state index contributed by atoms with van der Waals surface area (Å²) in [5, 5.41) is 1.01. The number of nitrogen functional groups attached to an aromatic ring is 1. The Labute approximate surface area is 112 Å². The van der Waals surface area contributed by atoms with E-state index in [2.05, 4.69) is 11.9 Å². The molecule has 0 aliphatic rings. The van der Waals surface area contributed by atoms with Gasteiger partial charge in [-0.2, -0.15) is 0 Å². The molecule has 18 heavy (non-hydrogen) atoms. The van der Waals surface area contributed by atoms with Crippen molar-refractivity contribution in [2.75, 3.05) is 5.73 Å². The van der Waals surface area contributed by atoms with E-state index in [1.54, 1.807) is 11.3 Å². The van der Waals surface area contributed by atoms with Gasteiger partial charge in [-0.1, -0.05) is 0 Å². The molecule has 0 fully saturated rings. The minimum Gasteiger partial charge on any atom is -0.486 e. The van der Waals surface area contributed by atoms with E-state index in [0.717, 1.165) is 33.3 Å². The van der Waals surface area contributed by atoms with Gasteiger partial charge in [-0.15, -0.1) is 11.3 Å². The molecule has 1 aromatic carbocycles. The number of rotatable bonds is 3. The molecule has 0 saturated carbocycles. The van der Waals surface area contributed by atoms with Gasteiger partial charge in [-0.3, -0.25) is 0 Å². The Kier molecular flexibility index (Phi) is 3.57. The predicted octanol–water partition coefficient (Wildman–Crippen LogP) is 3.54. The summed E-state index contributed by atoms with van der Waals surface area (Å²) in [5.41, 5.74) is 9.85. The molecule has 0 radical (unpaired) electrons. The van der Waals surface area contributed by atoms with Gasteiger partial charge in [0.2, 0.25) is 0 Å². The fourth-order valence-corrected chi connectivity index (χ4v) is 2.56. The molecule has 2 N–H and O–H groups in total. The van der Waals surface area contributed by atoms with Crippen LogP contribution in [0, 0.1) is 27.7 Å². The number of nitrogens with zero attached hydrogens (tertiary/aromatic N) is 1. The summed E-state index contributed by atoms with van der Waals surface area (Å²) in [6, 6.07) is 3.93. The third kappa shape index (κ3) is 2.64. The number of aryl methyl sites for hydroxylation is 4. The lowest BCUT2D eigenvalue weighted by molar-refractivity contribution is 0.303. The molecule has 0 spiro atoms. The smallest absolute Gasteiger partial charge is 0.140 e. The molecule has 0 amide bonds. The van der Waals surface area contributed by atoms with Crippen LogP contribution in [0.1, 0.15) is 26.7 Å². The van der Waals surface area contributed by atoms with E-state index < -0.39 is 0 Å². The first-order valence-electron chi connectivity index (χ1n) is 5.90. The monoisotopic (exact) mass is 262 g/mol. The summed E-state index contributed by atoms with van der Waals surface area (Å²) < 4.78 is 5.82. The summed E-state index contributed by atoms with van der Waals surface area (Å²) >= 11 is 1.69. The molecule has 0 unspecified atom stereocenters. The van der Waals surface area contributed by atoms with Crippen LogP contribution < -0.4 is 10.5 Å². The average molecular weight is 262 g/mol. The maximum absolute atomic E-state index is 5.85. The summed E-state index contributed by atoms with van der Waals surface area (Å²) in [6.07, 6.45) is 0. The van der Waals surface area contributed by atoms with Crippen molar-refractivity contribution in [3.8, 4) is 5.75 Å². The highest BCUT2D eigenvalue weighted by molar-refractivity contribution is 7.11. The van der Waals surface area contributed by atoms with Crippen LogP contribution in [-0.2, 0) is 6.61 Å². The summed E-state index contributed by atoms with van der Waals surface area (Å²) in [4.78, 5) is 5.71. The van der Waals surface area contributed by atoms with E-state index in [9.17, 15) is 0 Å². The van der Waals surface area contributed by atoms with Crippen molar-refractivity contribution in [1.29, 1.82) is 0 Å². The lowest BCUT2D eigenvalue weighted by atomic mass is 10.1. The normalized spacial score (nSPS) is 10.7. The fourth-order valence-electron chi connectivity index (χ4n) is 1.71. The zero-order chi connectivity index (χ0) is 13.3. The highest BCUT2D eigenvalue weighted by Crippen LogP contribution is 2.26. The Hall–Kier alpha value is -1.55. The zero-order valence-corrected chi connectivity index (χ0v) is 12.0. The quantitative estimate of drug-likeness (QED) is 0.861. The van der Waals surface area contributed by atoms with Crippen LogP contribution in [-0.4, -0.2) is 4.98 Å². The second kappa shape index (κ2) is 4.98. The molecule has 1 aromatic heterocycles. The topological polar surface area (TPSA) is 48.1 Å². The lowest BCUT2D eigenvalue weighted by Crippen LogP contribution is -1.99. The van der Waals surface area contributed by atoms with Crippen LogP contribution in [0.3, 0.4) is 0 Å². The Morgan fingerprint density at radius 3 is 2.50 bits per heavy atom. The van der Waals surface area contributed by atoms with E-state index in [1.807, 2.05) is 32.9 Å². The van der Waals surface area contributed by atoms with Crippen molar-refractivity contribution in [3.63, 3.8) is 0 Å². The number of thiazole rings is 1. The van der Waals surface area contributed by atoms with Crippen LogP contribution >= 0.6 is 11.3 Å². The molecule has 3 nitrogen and oxygen atoms in total. The number of aromatic nitrogens is 1. The average Bonchev–Trinajstić information content (AvgIpc) is 2.62. The molecule has 0 aliphatic heterocycles. The van der Waals surface area contributed by atoms with E-state index in [1.165, 1.54) is 4.88 Å². The number of anilines is 1. The summed E-state index contributed by atoms with van der Waals surface area (Å²) in [6.45, 7) is 8.61. The van der Waals surface area contributed by atoms with Crippen LogP contribution in [0.15, 0.2) is 12.1 Å². The van der Waals surface area contributed by atoms with Gasteiger partial charge < -0.3 is 10.5 Å². The molecule has 0 bridgehead atoms. The van der Waals surface area contributed by atoms with Crippen LogP contribution in [0.25, 0.3) is 0 Å². The van der Waals surface area contributed by atoms with Gasteiger partial charge in [0, 0.05) is 10.6 Å². The van der Waals surface area contributed by atoms with Crippen molar-refractivity contribution < 1.29 is 4.74 Å². The van der Waals surface area contributed by atoms with Crippen molar-refractivity contribution in [2.45, 2.75) is 34.3 Å². The first-order valence-corrected chi connectivity index (χ1v) is 6.71. The minimum absolute atomic E-state index is 0.517. The molecule has 2 aromatic rings. The maximum atomic E-state index is 5.85. The highest BCUT2D eigenvalue weighted by Gasteiger charge is 2.07. The van der Waals surface area contributed by atoms with Gasteiger partial charge in [-0.05, 0) is 51.0 Å². The third-order valence-corrected chi connectivity index (χ3v) is 4.03. The molecule has 96 valence electrons. The lowest BCUT2D eigenvalue weighted by Gasteiger charge is -2.10. The van der Waals surface area contributed by atoms with E-state index in [0.29, 0.717) is 6.61 Å². The second-order valence-corrected chi connectivity index (χ2v) is 5.80. The summed E-state index contributed by atoms with van der Waals surface area (Å²) in [7, 11) is 0. The van der Waals surface area contributed by atoms with Crippen LogP contribution in [0.2, 0.25) is 0 Å². The Morgan fingerprint density at radius 2 is 1.89 bits per heavy atom. The number of hydrogen-bond acceptors (Lipinski definition) is 4. The van der Waals surface area contributed by atoms with Gasteiger partial charge in [0.15, 0.2) is 0 Å². The SMILES string of the molecule is Cc1cc(OCc2nc(C)c(C)s2)c(C)cc1N. The van der Waals surface area contributed by atoms with Crippen molar-refractivity contribution in [3.05, 3.63) is 38.8 Å². The molecule has 1 heterocycles. The molecule has 0 aliphatic carbocycles. The molecular formula is C14H18N2OS. The third-order valence-electron chi connectivity index (χ3n) is 2.99. The molecule has 4 heteroatoms. The van der Waals surface area contributed by atoms with E-state index in [-0.39, 0.29) is 0 Å². The first-order chi connectivity index (χ1) is 8.47. The largest absolute Gasteiger partial charge is 0.486 e. The first kappa shape index (κ1) is 12.9. The van der Waals surface area contributed by atoms with Crippen LogP contribution in [0.5, 0.6) is 5.75 Å². The zero-order valence-electron chi connectivity index (χ0n) is 11.2. The second-order valence-electron chi connectivity index (χ2n) is 4.51. The predicted molar refractivity (Wildman–Crippen MR) is 76.2 cm³/mol. The van der Waals surface area contributed by atoms with Gasteiger partial charge >= 0.3 is 0 Å². The number of nitrogens with two attached hydrogens (primary N) is 1. The minimum atomic E-state index is 0.517. The molecule has 0 atom stereocenters. The molecule has 0 saturated heterocycles. The molecular weight excluding hydrogens is 244 g/mol. The number of ether oxygens (including phenoxy) is 1. The number of benzene rings is 1. The Bertz CT molecular complexity index is 556. The van der Waals surface area contributed by atoms with Gasteiger partial charge in [0.05, 0.1) is 5.69 Å². The van der Waals surface area contributed by atoms with Gasteiger partial charge in [-0.25, -0.2) is 4.98 Å². The maximum Gasteiger partial charge on any atom is 0.140 e. The highest BCUT2D eigenvalue weighted by atomic mass is 32.1. The fraction of sp³-hybridized carbons (Fsp3) is 0.357. The number of hydrogen-bond donors (Lipinski definition) is 1. The summed E-state index contributed by atoms with van der Waals surface area (Å²) in [5.74, 6) is 0.882. The molecule has 2 rings (SSSR count).